The van der Waals surface area contributed by atoms with Crippen LogP contribution in [0.5, 0.6) is 5.88 Å². The van der Waals surface area contributed by atoms with Crippen molar-refractivity contribution in [3.05, 3.63) is 132 Å². The lowest BCUT2D eigenvalue weighted by atomic mass is 9.85. The molecule has 1 saturated carbocycles. The lowest BCUT2D eigenvalue weighted by Gasteiger charge is -2.17. The molecule has 1 aliphatic carbocycles. The number of rotatable bonds is 6. The van der Waals surface area contributed by atoms with Crippen LogP contribution in [0.2, 0.25) is 0 Å². The third kappa shape index (κ3) is 3.69. The number of aromatic hydroxyl groups is 1. The molecule has 36 heavy (non-hydrogen) atoms. The Morgan fingerprint density at radius 1 is 0.806 bits per heavy atom. The Hall–Kier alpha value is -4.51. The third-order valence-electron chi connectivity index (χ3n) is 7.19. The largest absolute Gasteiger partial charge is 0.493 e. The number of azo groups is 1. The monoisotopic (exact) mass is 471 g/mol. The van der Waals surface area contributed by atoms with E-state index in [1.165, 1.54) is 0 Å². The van der Waals surface area contributed by atoms with E-state index < -0.39 is 5.41 Å². The summed E-state index contributed by atoms with van der Waals surface area (Å²) in [4.78, 5) is 13.3. The maximum atomic E-state index is 13.3. The molecular weight excluding hydrogens is 446 g/mol. The number of carbonyl (C=O) groups is 1. The Balaban J connectivity index is 1.34. The molecule has 5 nitrogen and oxygen atoms in total. The Morgan fingerprint density at radius 3 is 2.00 bits per heavy atom. The Bertz CT molecular complexity index is 1520. The fourth-order valence-electron chi connectivity index (χ4n) is 5.30. The zero-order chi connectivity index (χ0) is 24.5. The highest BCUT2D eigenvalue weighted by Gasteiger charge is 2.60. The molecule has 1 unspecified atom stereocenters. The van der Waals surface area contributed by atoms with Crippen molar-refractivity contribution < 1.29 is 9.90 Å². The van der Waals surface area contributed by atoms with Gasteiger partial charge in [-0.2, -0.15) is 0 Å². The lowest BCUT2D eigenvalue weighted by Crippen LogP contribution is -2.16. The van der Waals surface area contributed by atoms with Crippen molar-refractivity contribution in [2.24, 2.45) is 16.1 Å². The van der Waals surface area contributed by atoms with Crippen molar-refractivity contribution in [2.75, 3.05) is 0 Å². The predicted octanol–water partition coefficient (Wildman–Crippen LogP) is 7.01. The van der Waals surface area contributed by atoms with Crippen LogP contribution < -0.4 is 0 Å². The van der Waals surface area contributed by atoms with Crippen molar-refractivity contribution in [3.63, 3.8) is 0 Å². The van der Waals surface area contributed by atoms with E-state index in [1.54, 1.807) is 4.57 Å². The summed E-state index contributed by atoms with van der Waals surface area (Å²) in [5.74, 6) is -0.572. The predicted molar refractivity (Wildman–Crippen MR) is 140 cm³/mol. The van der Waals surface area contributed by atoms with Crippen LogP contribution in [0.25, 0.3) is 10.9 Å². The molecule has 1 heterocycles. The highest BCUT2D eigenvalue weighted by molar-refractivity contribution is 5.95. The molecule has 0 spiro atoms. The van der Waals surface area contributed by atoms with Crippen molar-refractivity contribution >= 4 is 22.5 Å². The van der Waals surface area contributed by atoms with Gasteiger partial charge in [-0.25, -0.2) is 0 Å². The topological polar surface area (TPSA) is 66.9 Å². The molecule has 1 N–H and O–H groups in total. The zero-order valence-corrected chi connectivity index (χ0v) is 19.7. The summed E-state index contributed by atoms with van der Waals surface area (Å²) in [6, 6.07) is 37.8. The fraction of sp³-hybridized carbons (Fsp3) is 0.129. The van der Waals surface area contributed by atoms with Crippen molar-refractivity contribution in [2.45, 2.75) is 18.4 Å². The number of para-hydroxylation sites is 1. The van der Waals surface area contributed by atoms with E-state index in [0.29, 0.717) is 18.7 Å². The number of amides is 1. The van der Waals surface area contributed by atoms with Crippen molar-refractivity contribution in [1.29, 1.82) is 0 Å². The molecule has 0 bridgehead atoms. The molecule has 5 heteroatoms. The van der Waals surface area contributed by atoms with Gasteiger partial charge in [0, 0.05) is 10.8 Å². The first-order chi connectivity index (χ1) is 17.7. The molecule has 1 atom stereocenters. The Kier molecular flexibility index (Phi) is 5.45. The maximum Gasteiger partial charge on any atom is 0.269 e. The summed E-state index contributed by atoms with van der Waals surface area (Å²) in [7, 11) is 0. The SMILES string of the molecule is O=C(N=Nc1c(O)n(Cc2ccccc2)c2ccccc12)C1CC1(c1ccccc1)c1ccccc1. The van der Waals surface area contributed by atoms with E-state index in [4.69, 9.17) is 0 Å². The van der Waals surface area contributed by atoms with Crippen LogP contribution in [0, 0.1) is 5.92 Å². The number of hydrogen-bond acceptors (Lipinski definition) is 3. The molecule has 4 aromatic carbocycles. The van der Waals surface area contributed by atoms with Crippen molar-refractivity contribution in [3.8, 4) is 5.88 Å². The van der Waals surface area contributed by atoms with Gasteiger partial charge in [-0.1, -0.05) is 109 Å². The van der Waals surface area contributed by atoms with E-state index in [2.05, 4.69) is 34.5 Å². The molecule has 176 valence electrons. The maximum absolute atomic E-state index is 13.3. The highest BCUT2D eigenvalue weighted by atomic mass is 16.3. The Labute approximate surface area is 209 Å². The smallest absolute Gasteiger partial charge is 0.269 e. The molecule has 1 aromatic heterocycles. The quantitative estimate of drug-likeness (QED) is 0.271. The van der Waals surface area contributed by atoms with Gasteiger partial charge in [-0.05, 0) is 29.2 Å². The van der Waals surface area contributed by atoms with Gasteiger partial charge >= 0.3 is 0 Å². The van der Waals surface area contributed by atoms with E-state index >= 15 is 0 Å². The molecule has 1 amide bonds. The fourth-order valence-corrected chi connectivity index (χ4v) is 5.30. The first-order valence-electron chi connectivity index (χ1n) is 12.1. The summed E-state index contributed by atoms with van der Waals surface area (Å²) in [5.41, 5.74) is 4.03. The molecule has 1 fully saturated rings. The number of aromatic nitrogens is 1. The molecular formula is C31H25N3O2. The average molecular weight is 472 g/mol. The second-order valence-electron chi connectivity index (χ2n) is 9.26. The van der Waals surface area contributed by atoms with Crippen LogP contribution in [0.1, 0.15) is 23.1 Å². The summed E-state index contributed by atoms with van der Waals surface area (Å²) in [5, 5.41) is 20.3. The van der Waals surface area contributed by atoms with Gasteiger partial charge in [0.15, 0.2) is 5.69 Å². The number of nitrogens with zero attached hydrogens (tertiary/aromatic N) is 3. The average Bonchev–Trinajstić information content (AvgIpc) is 3.65. The van der Waals surface area contributed by atoms with Gasteiger partial charge in [-0.15, -0.1) is 10.2 Å². The second kappa shape index (κ2) is 8.93. The summed E-state index contributed by atoms with van der Waals surface area (Å²) >= 11 is 0. The molecule has 0 radical (unpaired) electrons. The standard InChI is InChI=1S/C31H25N3O2/c35-29(26-20-31(26,23-14-6-2-7-15-23)24-16-8-3-9-17-24)33-32-28-25-18-10-11-19-27(25)34(30(28)36)21-22-12-4-1-5-13-22/h1-19,26,36H,20-21H2. The van der Waals surface area contributed by atoms with Gasteiger partial charge < -0.3 is 9.67 Å². The third-order valence-corrected chi connectivity index (χ3v) is 7.19. The minimum atomic E-state index is -0.401. The van der Waals surface area contributed by atoms with Gasteiger partial charge in [0.05, 0.1) is 18.0 Å². The van der Waals surface area contributed by atoms with Crippen LogP contribution in [0.15, 0.2) is 125 Å². The van der Waals surface area contributed by atoms with E-state index in [9.17, 15) is 9.90 Å². The highest BCUT2D eigenvalue weighted by Crippen LogP contribution is 2.59. The molecule has 0 aliphatic heterocycles. The van der Waals surface area contributed by atoms with Gasteiger partial charge in [0.25, 0.3) is 5.91 Å². The minimum absolute atomic E-state index is 0.00443. The molecule has 0 saturated heterocycles. The summed E-state index contributed by atoms with van der Waals surface area (Å²) < 4.78 is 1.80. The van der Waals surface area contributed by atoms with Crippen LogP contribution in [-0.2, 0) is 16.8 Å². The molecule has 1 aliphatic rings. The number of fused-ring (bicyclic) bond motifs is 1. The van der Waals surface area contributed by atoms with E-state index in [-0.39, 0.29) is 17.7 Å². The minimum Gasteiger partial charge on any atom is -0.493 e. The van der Waals surface area contributed by atoms with Crippen LogP contribution >= 0.6 is 0 Å². The van der Waals surface area contributed by atoms with Crippen LogP contribution in [0.4, 0.5) is 5.69 Å². The second-order valence-corrected chi connectivity index (χ2v) is 9.26. The summed E-state index contributed by atoms with van der Waals surface area (Å²) in [6.07, 6.45) is 0.681. The molecule has 6 rings (SSSR count). The van der Waals surface area contributed by atoms with Gasteiger partial charge in [0.1, 0.15) is 0 Å². The number of benzene rings is 4. The van der Waals surface area contributed by atoms with Crippen LogP contribution in [-0.4, -0.2) is 15.6 Å². The van der Waals surface area contributed by atoms with Gasteiger partial charge in [0.2, 0.25) is 5.88 Å². The Morgan fingerprint density at radius 2 is 1.36 bits per heavy atom. The van der Waals surface area contributed by atoms with E-state index in [0.717, 1.165) is 27.6 Å². The zero-order valence-electron chi connectivity index (χ0n) is 19.7. The summed E-state index contributed by atoms with van der Waals surface area (Å²) in [6.45, 7) is 0.490. The van der Waals surface area contributed by atoms with E-state index in [1.807, 2.05) is 91.0 Å². The normalized spacial score (nSPS) is 16.4. The first kappa shape index (κ1) is 22.0. The lowest BCUT2D eigenvalue weighted by molar-refractivity contribution is -0.119. The number of hydrogen-bond donors (Lipinski definition) is 1. The van der Waals surface area contributed by atoms with Crippen LogP contribution in [0.3, 0.4) is 0 Å². The van der Waals surface area contributed by atoms with Crippen molar-refractivity contribution in [1.82, 2.24) is 4.57 Å². The number of carbonyl (C=O) groups excluding carboxylic acids is 1. The first-order valence-corrected chi connectivity index (χ1v) is 12.1. The molecule has 5 aromatic rings. The van der Waals surface area contributed by atoms with Gasteiger partial charge in [-0.3, -0.25) is 4.79 Å².